The fourth-order valence-electron chi connectivity index (χ4n) is 4.69. The maximum absolute atomic E-state index is 13.0. The number of nitrogens with zero attached hydrogens (tertiary/aromatic N) is 3. The number of hydrogen-bond donors (Lipinski definition) is 2. The van der Waals surface area contributed by atoms with Crippen molar-refractivity contribution in [3.05, 3.63) is 40.3 Å². The molecule has 0 aliphatic carbocycles. The molecule has 0 radical (unpaired) electrons. The normalized spacial score (nSPS) is 17.4. The van der Waals surface area contributed by atoms with Gasteiger partial charge in [0.25, 0.3) is 5.91 Å². The summed E-state index contributed by atoms with van der Waals surface area (Å²) < 4.78 is 5.04. The average molecular weight is 530 g/mol. The van der Waals surface area contributed by atoms with Gasteiger partial charge in [0.15, 0.2) is 5.11 Å². The average Bonchev–Trinajstić information content (AvgIpc) is 3.40. The van der Waals surface area contributed by atoms with E-state index in [0.717, 1.165) is 55.4 Å². The van der Waals surface area contributed by atoms with Crippen LogP contribution in [0.2, 0.25) is 0 Å². The van der Waals surface area contributed by atoms with Crippen molar-refractivity contribution in [2.24, 2.45) is 0 Å². The predicted octanol–water partition coefficient (Wildman–Crippen LogP) is 4.39. The van der Waals surface area contributed by atoms with E-state index < -0.39 is 6.04 Å². The number of esters is 1. The number of ether oxygens (including phenoxy) is 1. The molecule has 2 aliphatic heterocycles. The summed E-state index contributed by atoms with van der Waals surface area (Å²) in [5.74, 6) is -0.182. The van der Waals surface area contributed by atoms with E-state index in [1.54, 1.807) is 25.2 Å². The molecule has 2 fully saturated rings. The lowest BCUT2D eigenvalue weighted by Crippen LogP contribution is -2.49. The van der Waals surface area contributed by atoms with Crippen LogP contribution in [0, 0.1) is 0 Å². The standard InChI is InChI=1S/C26H35N5O3S2/c1-3-34-25(33)18(2)27-26(35)31-15-11-19(12-16-31)24-29-21(17-36-24)23(32)28-20-9-5-6-10-22(20)30-13-7-4-8-14-30/h5-6,9-10,17-19H,3-4,7-8,11-16H2,1-2H3,(H,27,35)(H,28,32). The number of thiazole rings is 1. The molecule has 4 rings (SSSR count). The SMILES string of the molecule is CCOC(=O)C(C)NC(=S)N1CCC(c2nc(C(=O)Nc3ccccc3N3CCCCC3)cs2)CC1. The summed E-state index contributed by atoms with van der Waals surface area (Å²) in [6.07, 6.45) is 5.41. The number of aromatic nitrogens is 1. The van der Waals surface area contributed by atoms with Crippen LogP contribution < -0.4 is 15.5 Å². The number of rotatable bonds is 7. The summed E-state index contributed by atoms with van der Waals surface area (Å²) in [6.45, 7) is 7.48. The van der Waals surface area contributed by atoms with Crippen molar-refractivity contribution in [3.63, 3.8) is 0 Å². The highest BCUT2D eigenvalue weighted by atomic mass is 32.1. The number of thiocarbonyl (C=S) groups is 1. The van der Waals surface area contributed by atoms with Crippen molar-refractivity contribution in [2.75, 3.05) is 43.0 Å². The van der Waals surface area contributed by atoms with Gasteiger partial charge in [0.1, 0.15) is 11.7 Å². The molecule has 0 saturated carbocycles. The molecule has 0 bridgehead atoms. The maximum atomic E-state index is 13.0. The molecule has 1 aromatic carbocycles. The Bertz CT molecular complexity index is 1060. The molecule has 36 heavy (non-hydrogen) atoms. The number of benzene rings is 1. The number of carbonyl (C=O) groups excluding carboxylic acids is 2. The smallest absolute Gasteiger partial charge is 0.328 e. The second-order valence-electron chi connectivity index (χ2n) is 9.27. The molecule has 1 atom stereocenters. The highest BCUT2D eigenvalue weighted by Gasteiger charge is 2.27. The van der Waals surface area contributed by atoms with Gasteiger partial charge in [-0.25, -0.2) is 9.78 Å². The zero-order valence-electron chi connectivity index (χ0n) is 21.0. The Morgan fingerprint density at radius 2 is 1.89 bits per heavy atom. The van der Waals surface area contributed by atoms with E-state index in [9.17, 15) is 9.59 Å². The quantitative estimate of drug-likeness (QED) is 0.403. The van der Waals surface area contributed by atoms with Crippen LogP contribution in [0.15, 0.2) is 29.6 Å². The number of piperidine rings is 2. The molecule has 1 amide bonds. The van der Waals surface area contributed by atoms with Crippen molar-refractivity contribution >= 4 is 51.9 Å². The van der Waals surface area contributed by atoms with E-state index in [0.29, 0.717) is 23.3 Å². The lowest BCUT2D eigenvalue weighted by molar-refractivity contribution is -0.144. The minimum Gasteiger partial charge on any atom is -0.464 e. The number of carbonyl (C=O) groups is 2. The monoisotopic (exact) mass is 529 g/mol. The third kappa shape index (κ3) is 6.53. The molecular weight excluding hydrogens is 494 g/mol. The Kier molecular flexibility index (Phi) is 9.14. The molecule has 1 unspecified atom stereocenters. The van der Waals surface area contributed by atoms with E-state index in [4.69, 9.17) is 21.9 Å². The Balaban J connectivity index is 1.31. The predicted molar refractivity (Wildman–Crippen MR) is 148 cm³/mol. The summed E-state index contributed by atoms with van der Waals surface area (Å²) in [5, 5.41) is 9.58. The molecule has 2 N–H and O–H groups in total. The molecule has 10 heteroatoms. The topological polar surface area (TPSA) is 86.8 Å². The lowest BCUT2D eigenvalue weighted by Gasteiger charge is -2.33. The van der Waals surface area contributed by atoms with Crippen molar-refractivity contribution in [2.45, 2.75) is 57.9 Å². The highest BCUT2D eigenvalue weighted by Crippen LogP contribution is 2.32. The fourth-order valence-corrected chi connectivity index (χ4v) is 6.02. The molecule has 8 nitrogen and oxygen atoms in total. The number of amides is 1. The number of likely N-dealkylation sites (tertiary alicyclic amines) is 1. The van der Waals surface area contributed by atoms with Gasteiger partial charge in [0.2, 0.25) is 0 Å². The summed E-state index contributed by atoms with van der Waals surface area (Å²) in [7, 11) is 0. The Morgan fingerprint density at radius 1 is 1.17 bits per heavy atom. The lowest BCUT2D eigenvalue weighted by atomic mass is 9.98. The minimum atomic E-state index is -0.477. The third-order valence-electron chi connectivity index (χ3n) is 6.72. The van der Waals surface area contributed by atoms with Crippen LogP contribution in [0.4, 0.5) is 11.4 Å². The number of para-hydroxylation sites is 2. The van der Waals surface area contributed by atoms with Crippen LogP contribution in [0.1, 0.15) is 67.4 Å². The zero-order valence-corrected chi connectivity index (χ0v) is 22.6. The number of anilines is 2. The van der Waals surface area contributed by atoms with E-state index in [1.807, 2.05) is 23.6 Å². The van der Waals surface area contributed by atoms with Gasteiger partial charge in [-0.15, -0.1) is 11.3 Å². The van der Waals surface area contributed by atoms with Gasteiger partial charge in [0, 0.05) is 37.5 Å². The first kappa shape index (κ1) is 26.3. The van der Waals surface area contributed by atoms with Crippen molar-refractivity contribution < 1.29 is 14.3 Å². The van der Waals surface area contributed by atoms with Crippen LogP contribution in [0.25, 0.3) is 0 Å². The first-order valence-corrected chi connectivity index (χ1v) is 14.1. The molecule has 2 saturated heterocycles. The molecule has 1 aromatic heterocycles. The first-order valence-electron chi connectivity index (χ1n) is 12.8. The van der Waals surface area contributed by atoms with Gasteiger partial charge < -0.3 is 25.2 Å². The summed E-state index contributed by atoms with van der Waals surface area (Å²) in [4.78, 5) is 34.0. The molecule has 194 valence electrons. The Morgan fingerprint density at radius 3 is 2.61 bits per heavy atom. The number of hydrogen-bond acceptors (Lipinski definition) is 7. The van der Waals surface area contributed by atoms with E-state index >= 15 is 0 Å². The van der Waals surface area contributed by atoms with E-state index in [-0.39, 0.29) is 11.9 Å². The van der Waals surface area contributed by atoms with Gasteiger partial charge in [-0.3, -0.25) is 4.79 Å². The van der Waals surface area contributed by atoms with Crippen molar-refractivity contribution in [1.29, 1.82) is 0 Å². The number of nitrogens with one attached hydrogen (secondary N) is 2. The minimum absolute atomic E-state index is 0.169. The first-order chi connectivity index (χ1) is 17.5. The molecule has 0 spiro atoms. The summed E-state index contributed by atoms with van der Waals surface area (Å²) in [5.41, 5.74) is 2.38. The Hall–Kier alpha value is -2.72. The van der Waals surface area contributed by atoms with Crippen molar-refractivity contribution in [1.82, 2.24) is 15.2 Å². The Labute approximate surface area is 222 Å². The molecule has 2 aliphatic rings. The summed E-state index contributed by atoms with van der Waals surface area (Å²) in [6, 6.07) is 7.54. The molecule has 3 heterocycles. The fraction of sp³-hybridized carbons (Fsp3) is 0.538. The maximum Gasteiger partial charge on any atom is 0.328 e. The third-order valence-corrected chi connectivity index (χ3v) is 8.10. The van der Waals surface area contributed by atoms with Crippen LogP contribution >= 0.6 is 23.6 Å². The van der Waals surface area contributed by atoms with Crippen LogP contribution in [0.5, 0.6) is 0 Å². The largest absolute Gasteiger partial charge is 0.464 e. The highest BCUT2D eigenvalue weighted by molar-refractivity contribution is 7.80. The molecular formula is C26H35N5O3S2. The summed E-state index contributed by atoms with van der Waals surface area (Å²) >= 11 is 7.05. The van der Waals surface area contributed by atoms with Gasteiger partial charge in [-0.1, -0.05) is 12.1 Å². The molecule has 2 aromatic rings. The zero-order chi connectivity index (χ0) is 25.5. The van der Waals surface area contributed by atoms with Crippen molar-refractivity contribution in [3.8, 4) is 0 Å². The van der Waals surface area contributed by atoms with E-state index in [1.165, 1.54) is 19.3 Å². The van der Waals surface area contributed by atoms with Gasteiger partial charge in [-0.2, -0.15) is 0 Å². The van der Waals surface area contributed by atoms with Crippen LogP contribution in [0.3, 0.4) is 0 Å². The van der Waals surface area contributed by atoms with Gasteiger partial charge in [0.05, 0.1) is 23.0 Å². The van der Waals surface area contributed by atoms with Gasteiger partial charge >= 0.3 is 5.97 Å². The second-order valence-corrected chi connectivity index (χ2v) is 10.6. The second kappa shape index (κ2) is 12.5. The van der Waals surface area contributed by atoms with Crippen LogP contribution in [-0.4, -0.2) is 65.7 Å². The van der Waals surface area contributed by atoms with E-state index in [2.05, 4.69) is 26.5 Å². The van der Waals surface area contributed by atoms with Crippen LogP contribution in [-0.2, 0) is 9.53 Å². The van der Waals surface area contributed by atoms with Gasteiger partial charge in [-0.05, 0) is 70.3 Å².